The predicted octanol–water partition coefficient (Wildman–Crippen LogP) is 4.22. The van der Waals surface area contributed by atoms with E-state index < -0.39 is 0 Å². The van der Waals surface area contributed by atoms with Crippen molar-refractivity contribution >= 4 is 34.1 Å². The molecule has 0 fully saturated rings. The van der Waals surface area contributed by atoms with Crippen LogP contribution in [0.1, 0.15) is 23.7 Å². The van der Waals surface area contributed by atoms with Crippen LogP contribution in [0.5, 0.6) is 0 Å². The van der Waals surface area contributed by atoms with E-state index in [9.17, 15) is 4.79 Å². The highest BCUT2D eigenvalue weighted by Crippen LogP contribution is 2.35. The zero-order chi connectivity index (χ0) is 15.1. The van der Waals surface area contributed by atoms with Gasteiger partial charge in [0.25, 0.3) is 5.91 Å². The van der Waals surface area contributed by atoms with Crippen LogP contribution >= 0.6 is 0 Å². The third-order valence-electron chi connectivity index (χ3n) is 4.18. The topological polar surface area (TPSA) is 44.9 Å². The van der Waals surface area contributed by atoms with E-state index in [1.165, 1.54) is 0 Å². The van der Waals surface area contributed by atoms with E-state index in [1.807, 2.05) is 42.5 Å². The molecular formula is C19H16N2O. The van der Waals surface area contributed by atoms with Gasteiger partial charge in [-0.3, -0.25) is 4.79 Å². The number of anilines is 1. The second-order valence-corrected chi connectivity index (χ2v) is 5.47. The van der Waals surface area contributed by atoms with Crippen LogP contribution in [-0.2, 0) is 11.2 Å². The SMILES string of the molecule is CCc1[nH]c2ccccc2c1C=C1C(=O)Nc2ccccc21. The molecular weight excluding hydrogens is 272 g/mol. The molecule has 1 amide bonds. The molecule has 1 aromatic heterocycles. The smallest absolute Gasteiger partial charge is 0.256 e. The Balaban J connectivity index is 1.95. The molecule has 22 heavy (non-hydrogen) atoms. The van der Waals surface area contributed by atoms with E-state index in [4.69, 9.17) is 0 Å². The number of aromatic amines is 1. The average molecular weight is 288 g/mol. The van der Waals surface area contributed by atoms with Gasteiger partial charge in [-0.05, 0) is 24.6 Å². The van der Waals surface area contributed by atoms with Gasteiger partial charge < -0.3 is 10.3 Å². The van der Waals surface area contributed by atoms with Crippen molar-refractivity contribution in [2.24, 2.45) is 0 Å². The van der Waals surface area contributed by atoms with Crippen LogP contribution in [0.15, 0.2) is 48.5 Å². The first kappa shape index (κ1) is 12.9. The van der Waals surface area contributed by atoms with Gasteiger partial charge >= 0.3 is 0 Å². The third-order valence-corrected chi connectivity index (χ3v) is 4.18. The minimum atomic E-state index is -0.0338. The minimum Gasteiger partial charge on any atom is -0.358 e. The molecule has 0 spiro atoms. The van der Waals surface area contributed by atoms with Gasteiger partial charge in [-0.15, -0.1) is 0 Å². The molecule has 0 unspecified atom stereocenters. The van der Waals surface area contributed by atoms with E-state index in [1.54, 1.807) is 0 Å². The summed E-state index contributed by atoms with van der Waals surface area (Å²) in [7, 11) is 0. The normalized spacial score (nSPS) is 15.3. The number of hydrogen-bond donors (Lipinski definition) is 2. The molecule has 1 aliphatic heterocycles. The molecule has 108 valence electrons. The Morgan fingerprint density at radius 3 is 2.68 bits per heavy atom. The quantitative estimate of drug-likeness (QED) is 0.681. The van der Waals surface area contributed by atoms with Crippen LogP contribution in [0.4, 0.5) is 5.69 Å². The maximum absolute atomic E-state index is 12.3. The highest BCUT2D eigenvalue weighted by Gasteiger charge is 2.24. The molecule has 0 saturated heterocycles. The summed E-state index contributed by atoms with van der Waals surface area (Å²) in [4.78, 5) is 15.8. The Morgan fingerprint density at radius 2 is 1.82 bits per heavy atom. The van der Waals surface area contributed by atoms with Crippen molar-refractivity contribution in [3.63, 3.8) is 0 Å². The first-order valence-electron chi connectivity index (χ1n) is 7.50. The number of fused-ring (bicyclic) bond motifs is 2. The van der Waals surface area contributed by atoms with Crippen molar-refractivity contribution in [2.75, 3.05) is 5.32 Å². The highest BCUT2D eigenvalue weighted by atomic mass is 16.2. The van der Waals surface area contributed by atoms with Gasteiger partial charge in [0.15, 0.2) is 0 Å². The Bertz CT molecular complexity index is 918. The summed E-state index contributed by atoms with van der Waals surface area (Å²) in [6.07, 6.45) is 2.91. The number of H-pyrrole nitrogens is 1. The minimum absolute atomic E-state index is 0.0338. The maximum Gasteiger partial charge on any atom is 0.256 e. The molecule has 2 aromatic carbocycles. The first-order chi connectivity index (χ1) is 10.8. The second kappa shape index (κ2) is 4.88. The number of nitrogens with one attached hydrogen (secondary N) is 2. The molecule has 0 aliphatic carbocycles. The van der Waals surface area contributed by atoms with Crippen LogP contribution in [0.25, 0.3) is 22.6 Å². The summed E-state index contributed by atoms with van der Waals surface area (Å²) in [5.41, 5.74) is 5.97. The van der Waals surface area contributed by atoms with Crippen molar-refractivity contribution in [2.45, 2.75) is 13.3 Å². The molecule has 0 radical (unpaired) electrons. The van der Waals surface area contributed by atoms with Crippen molar-refractivity contribution < 1.29 is 4.79 Å². The lowest BCUT2D eigenvalue weighted by Gasteiger charge is -2.00. The number of aryl methyl sites for hydroxylation is 1. The number of carbonyl (C=O) groups is 1. The summed E-state index contributed by atoms with van der Waals surface area (Å²) in [5, 5.41) is 4.08. The number of hydrogen-bond acceptors (Lipinski definition) is 1. The standard InChI is InChI=1S/C19H16N2O/c1-2-16-14(12-7-3-5-9-17(12)20-16)11-15-13-8-4-6-10-18(13)21-19(15)22/h3-11,20H,2H2,1H3,(H,21,22). The third kappa shape index (κ3) is 1.86. The van der Waals surface area contributed by atoms with E-state index in [0.29, 0.717) is 0 Å². The largest absolute Gasteiger partial charge is 0.358 e. The van der Waals surface area contributed by atoms with Crippen LogP contribution in [0.2, 0.25) is 0 Å². The van der Waals surface area contributed by atoms with Crippen LogP contribution < -0.4 is 5.32 Å². The van der Waals surface area contributed by atoms with E-state index in [-0.39, 0.29) is 5.91 Å². The predicted molar refractivity (Wildman–Crippen MR) is 90.6 cm³/mol. The number of carbonyl (C=O) groups excluding carboxylic acids is 1. The molecule has 4 rings (SSSR count). The molecule has 3 nitrogen and oxygen atoms in total. The van der Waals surface area contributed by atoms with Crippen molar-refractivity contribution in [3.8, 4) is 0 Å². The number of amides is 1. The molecule has 0 saturated carbocycles. The Morgan fingerprint density at radius 1 is 1.05 bits per heavy atom. The first-order valence-corrected chi connectivity index (χ1v) is 7.50. The van der Waals surface area contributed by atoms with Crippen molar-refractivity contribution in [1.29, 1.82) is 0 Å². The number of para-hydroxylation sites is 2. The zero-order valence-electron chi connectivity index (χ0n) is 12.3. The summed E-state index contributed by atoms with van der Waals surface area (Å²) < 4.78 is 0. The van der Waals surface area contributed by atoms with Crippen LogP contribution in [-0.4, -0.2) is 10.9 Å². The summed E-state index contributed by atoms with van der Waals surface area (Å²) in [5.74, 6) is -0.0338. The molecule has 1 aliphatic rings. The zero-order valence-corrected chi connectivity index (χ0v) is 12.3. The van der Waals surface area contributed by atoms with Gasteiger partial charge in [0.1, 0.15) is 0 Å². The Labute approximate surface area is 128 Å². The molecule has 2 N–H and O–H groups in total. The highest BCUT2D eigenvalue weighted by molar-refractivity contribution is 6.35. The second-order valence-electron chi connectivity index (χ2n) is 5.47. The molecule has 3 aromatic rings. The Hall–Kier alpha value is -2.81. The van der Waals surface area contributed by atoms with E-state index in [0.717, 1.165) is 45.4 Å². The van der Waals surface area contributed by atoms with Gasteiger partial charge in [0.2, 0.25) is 0 Å². The summed E-state index contributed by atoms with van der Waals surface area (Å²) in [6.45, 7) is 2.12. The summed E-state index contributed by atoms with van der Waals surface area (Å²) >= 11 is 0. The monoisotopic (exact) mass is 288 g/mol. The number of aromatic nitrogens is 1. The number of benzene rings is 2. The van der Waals surface area contributed by atoms with Gasteiger partial charge in [-0.25, -0.2) is 0 Å². The molecule has 0 atom stereocenters. The molecule has 2 heterocycles. The fourth-order valence-electron chi connectivity index (χ4n) is 3.09. The summed E-state index contributed by atoms with van der Waals surface area (Å²) in [6, 6.07) is 16.0. The van der Waals surface area contributed by atoms with Crippen molar-refractivity contribution in [1.82, 2.24) is 4.98 Å². The lowest BCUT2D eigenvalue weighted by molar-refractivity contribution is -0.110. The maximum atomic E-state index is 12.3. The average Bonchev–Trinajstić information content (AvgIpc) is 3.06. The lowest BCUT2D eigenvalue weighted by Crippen LogP contribution is -2.03. The fourth-order valence-corrected chi connectivity index (χ4v) is 3.09. The van der Waals surface area contributed by atoms with Gasteiger partial charge in [0.05, 0.1) is 0 Å². The van der Waals surface area contributed by atoms with Gasteiger partial charge in [-0.2, -0.15) is 0 Å². The van der Waals surface area contributed by atoms with Crippen LogP contribution in [0, 0.1) is 0 Å². The molecule has 3 heteroatoms. The lowest BCUT2D eigenvalue weighted by atomic mass is 10.0. The van der Waals surface area contributed by atoms with E-state index in [2.05, 4.69) is 29.4 Å². The van der Waals surface area contributed by atoms with Gasteiger partial charge in [-0.1, -0.05) is 43.3 Å². The van der Waals surface area contributed by atoms with Gasteiger partial charge in [0, 0.05) is 39.0 Å². The number of rotatable bonds is 2. The molecule has 0 bridgehead atoms. The fraction of sp³-hybridized carbons (Fsp3) is 0.105. The van der Waals surface area contributed by atoms with Crippen LogP contribution in [0.3, 0.4) is 0 Å². The Kier molecular flexibility index (Phi) is 2.86. The van der Waals surface area contributed by atoms with Crippen molar-refractivity contribution in [3.05, 3.63) is 65.4 Å². The van der Waals surface area contributed by atoms with E-state index >= 15 is 0 Å².